The molecule has 0 aromatic heterocycles. The molecule has 5 rings (SSSR count). The highest BCUT2D eigenvalue weighted by Gasteiger charge is 2.28. The maximum atomic E-state index is 13.3. The lowest BCUT2D eigenvalue weighted by molar-refractivity contribution is 0.0501. The summed E-state index contributed by atoms with van der Waals surface area (Å²) < 4.78 is 12.1. The number of β-amino-alcohol motifs (C(OH)–C–C–N with tert-alkyl or cyclic N) is 2. The van der Waals surface area contributed by atoms with Gasteiger partial charge in [0.05, 0.1) is 24.8 Å². The van der Waals surface area contributed by atoms with Crippen LogP contribution >= 0.6 is 0 Å². The van der Waals surface area contributed by atoms with E-state index in [1.54, 1.807) is 11.0 Å². The molecule has 2 aromatic rings. The minimum atomic E-state index is -0.625. The van der Waals surface area contributed by atoms with Crippen LogP contribution in [0, 0.1) is 0 Å². The van der Waals surface area contributed by atoms with Gasteiger partial charge in [-0.15, -0.1) is 0 Å². The van der Waals surface area contributed by atoms with Crippen molar-refractivity contribution in [2.24, 2.45) is 0 Å². The average Bonchev–Trinajstić information content (AvgIpc) is 3.03. The van der Waals surface area contributed by atoms with Crippen LogP contribution in [0.5, 0.6) is 11.5 Å². The molecule has 3 aliphatic rings. The number of ether oxygens (including phenoxy) is 2. The van der Waals surface area contributed by atoms with Gasteiger partial charge >= 0.3 is 0 Å². The normalized spacial score (nSPS) is 20.3. The van der Waals surface area contributed by atoms with Gasteiger partial charge in [0.15, 0.2) is 0 Å². The Bertz CT molecular complexity index is 1040. The highest BCUT2D eigenvalue weighted by Crippen LogP contribution is 2.30. The van der Waals surface area contributed by atoms with Crippen LogP contribution in [-0.4, -0.2) is 102 Å². The number of aliphatic hydroxyl groups is 2. The van der Waals surface area contributed by atoms with E-state index in [1.165, 1.54) is 11.1 Å². The highest BCUT2D eigenvalue weighted by molar-refractivity contribution is 5.97. The second-order valence-electron chi connectivity index (χ2n) is 10.0. The topological polar surface area (TPSA) is 85.7 Å². The molecule has 3 heterocycles. The number of hydrogen-bond acceptors (Lipinski definition) is 7. The number of carbonyl (C=O) groups excluding carboxylic acids is 1. The number of rotatable bonds is 8. The molecule has 0 saturated carbocycles. The fourth-order valence-corrected chi connectivity index (χ4v) is 5.49. The summed E-state index contributed by atoms with van der Waals surface area (Å²) in [6.07, 6.45) is 2.29. The molecule has 0 aliphatic carbocycles. The number of fused-ring (bicyclic) bond motifs is 2. The van der Waals surface area contributed by atoms with E-state index in [0.29, 0.717) is 43.3 Å². The summed E-state index contributed by atoms with van der Waals surface area (Å²) in [5.74, 6) is 1.13. The van der Waals surface area contributed by atoms with Crippen LogP contribution in [0.25, 0.3) is 0 Å². The summed E-state index contributed by atoms with van der Waals surface area (Å²) in [6.45, 7) is 6.09. The van der Waals surface area contributed by atoms with Crippen LogP contribution in [0.3, 0.4) is 0 Å². The van der Waals surface area contributed by atoms with Crippen molar-refractivity contribution in [3.05, 3.63) is 59.2 Å². The Morgan fingerprint density at radius 3 is 2.61 bits per heavy atom. The van der Waals surface area contributed by atoms with Crippen molar-refractivity contribution in [2.75, 3.05) is 59.0 Å². The zero-order valence-electron chi connectivity index (χ0n) is 20.8. The van der Waals surface area contributed by atoms with Gasteiger partial charge in [0.1, 0.15) is 24.2 Å². The molecule has 1 amide bonds. The van der Waals surface area contributed by atoms with E-state index in [4.69, 9.17) is 14.6 Å². The Balaban J connectivity index is 1.16. The lowest BCUT2D eigenvalue weighted by atomic mass is 10.00. The third kappa shape index (κ3) is 6.00. The molecule has 8 nitrogen and oxygen atoms in total. The summed E-state index contributed by atoms with van der Waals surface area (Å²) in [5.41, 5.74) is 3.21. The van der Waals surface area contributed by atoms with Gasteiger partial charge in [-0.2, -0.15) is 0 Å². The average molecular weight is 496 g/mol. The minimum absolute atomic E-state index is 0.116. The molecule has 1 fully saturated rings. The highest BCUT2D eigenvalue weighted by atomic mass is 16.5. The van der Waals surface area contributed by atoms with Crippen LogP contribution < -0.4 is 9.47 Å². The Labute approximate surface area is 213 Å². The largest absolute Gasteiger partial charge is 0.491 e. The van der Waals surface area contributed by atoms with Crippen molar-refractivity contribution < 1.29 is 24.5 Å². The van der Waals surface area contributed by atoms with Gasteiger partial charge < -0.3 is 29.5 Å². The standard InChI is InChI=1S/C28H37N3O5/c32-15-13-29-11-8-24(9-12-29)36-25-5-6-26-27(17-25)35-16-14-31(28(26)34)20-23(33)19-30-10-7-21-3-1-2-4-22(21)18-30/h1-6,17,23-24,32-33H,7-16,18-20H2. The maximum Gasteiger partial charge on any atom is 0.257 e. The Morgan fingerprint density at radius 2 is 1.81 bits per heavy atom. The molecule has 1 atom stereocenters. The smallest absolute Gasteiger partial charge is 0.257 e. The van der Waals surface area contributed by atoms with E-state index < -0.39 is 6.10 Å². The van der Waals surface area contributed by atoms with Crippen molar-refractivity contribution >= 4 is 5.91 Å². The summed E-state index contributed by atoms with van der Waals surface area (Å²) in [5, 5.41) is 19.9. The lowest BCUT2D eigenvalue weighted by Crippen LogP contribution is -2.44. The number of aliphatic hydroxyl groups excluding tert-OH is 2. The molecule has 1 saturated heterocycles. The zero-order valence-corrected chi connectivity index (χ0v) is 20.8. The third-order valence-electron chi connectivity index (χ3n) is 7.45. The molecule has 8 heteroatoms. The van der Waals surface area contributed by atoms with E-state index in [2.05, 4.69) is 34.1 Å². The van der Waals surface area contributed by atoms with Gasteiger partial charge in [-0.1, -0.05) is 24.3 Å². The number of hydrogen-bond donors (Lipinski definition) is 2. The van der Waals surface area contributed by atoms with Gasteiger partial charge in [0.2, 0.25) is 0 Å². The van der Waals surface area contributed by atoms with Crippen LogP contribution in [0.4, 0.5) is 0 Å². The van der Waals surface area contributed by atoms with Gasteiger partial charge in [0, 0.05) is 51.9 Å². The van der Waals surface area contributed by atoms with Crippen LogP contribution in [-0.2, 0) is 13.0 Å². The van der Waals surface area contributed by atoms with Crippen molar-refractivity contribution in [1.82, 2.24) is 14.7 Å². The number of carbonyl (C=O) groups is 1. The molecule has 194 valence electrons. The van der Waals surface area contributed by atoms with Gasteiger partial charge in [-0.3, -0.25) is 9.69 Å². The predicted molar refractivity (Wildman–Crippen MR) is 136 cm³/mol. The molecule has 0 radical (unpaired) electrons. The van der Waals surface area contributed by atoms with Crippen LogP contribution in [0.2, 0.25) is 0 Å². The van der Waals surface area contributed by atoms with E-state index in [0.717, 1.165) is 45.4 Å². The fraction of sp³-hybridized carbons (Fsp3) is 0.536. The zero-order chi connectivity index (χ0) is 24.9. The first-order valence-corrected chi connectivity index (χ1v) is 13.1. The van der Waals surface area contributed by atoms with E-state index in [9.17, 15) is 9.90 Å². The van der Waals surface area contributed by atoms with Crippen molar-refractivity contribution in [1.29, 1.82) is 0 Å². The van der Waals surface area contributed by atoms with Gasteiger partial charge in [-0.05, 0) is 42.5 Å². The second-order valence-corrected chi connectivity index (χ2v) is 10.0. The molecule has 2 N–H and O–H groups in total. The summed E-state index contributed by atoms with van der Waals surface area (Å²) in [4.78, 5) is 19.5. The monoisotopic (exact) mass is 495 g/mol. The first-order chi connectivity index (χ1) is 17.6. The maximum absolute atomic E-state index is 13.3. The Morgan fingerprint density at radius 1 is 1.00 bits per heavy atom. The summed E-state index contributed by atoms with van der Waals surface area (Å²) >= 11 is 0. The molecular weight excluding hydrogens is 458 g/mol. The first kappa shape index (κ1) is 25.0. The van der Waals surface area contributed by atoms with E-state index in [1.807, 2.05) is 12.1 Å². The predicted octanol–water partition coefficient (Wildman–Crippen LogP) is 1.78. The molecular formula is C28H37N3O5. The SMILES string of the molecule is O=C1c2ccc(OC3CCN(CCO)CC3)cc2OCCN1CC(O)CN1CCc2ccccc2C1. The van der Waals surface area contributed by atoms with Crippen molar-refractivity contribution in [3.8, 4) is 11.5 Å². The fourth-order valence-electron chi connectivity index (χ4n) is 5.49. The Kier molecular flexibility index (Phi) is 8.06. The molecule has 2 aromatic carbocycles. The lowest BCUT2D eigenvalue weighted by Gasteiger charge is -2.32. The summed E-state index contributed by atoms with van der Waals surface area (Å²) in [7, 11) is 0. The first-order valence-electron chi connectivity index (χ1n) is 13.1. The summed E-state index contributed by atoms with van der Waals surface area (Å²) in [6, 6.07) is 13.9. The Hall–Kier alpha value is -2.65. The minimum Gasteiger partial charge on any atom is -0.491 e. The number of amides is 1. The second kappa shape index (κ2) is 11.6. The van der Waals surface area contributed by atoms with Crippen LogP contribution in [0.1, 0.15) is 34.3 Å². The number of benzene rings is 2. The third-order valence-corrected chi connectivity index (χ3v) is 7.45. The number of likely N-dealkylation sites (tertiary alicyclic amines) is 1. The molecule has 0 bridgehead atoms. The number of piperidine rings is 1. The van der Waals surface area contributed by atoms with Gasteiger partial charge in [-0.25, -0.2) is 0 Å². The molecule has 0 spiro atoms. The quantitative estimate of drug-likeness (QED) is 0.577. The number of nitrogens with zero attached hydrogens (tertiary/aromatic N) is 3. The van der Waals surface area contributed by atoms with Crippen molar-refractivity contribution in [3.63, 3.8) is 0 Å². The molecule has 36 heavy (non-hydrogen) atoms. The molecule has 1 unspecified atom stereocenters. The van der Waals surface area contributed by atoms with Gasteiger partial charge in [0.25, 0.3) is 5.91 Å². The van der Waals surface area contributed by atoms with E-state index in [-0.39, 0.29) is 25.2 Å². The van der Waals surface area contributed by atoms with E-state index >= 15 is 0 Å². The molecule has 3 aliphatic heterocycles. The van der Waals surface area contributed by atoms with Crippen molar-refractivity contribution in [2.45, 2.75) is 38.0 Å². The van der Waals surface area contributed by atoms with Crippen LogP contribution in [0.15, 0.2) is 42.5 Å².